The Morgan fingerprint density at radius 3 is 3.00 bits per heavy atom. The Morgan fingerprint density at radius 2 is 2.19 bits per heavy atom. The maximum absolute atomic E-state index is 13.1. The maximum Gasteiger partial charge on any atom is 0.251 e. The van der Waals surface area contributed by atoms with Crippen molar-refractivity contribution in [1.82, 2.24) is 19.9 Å². The van der Waals surface area contributed by atoms with E-state index in [0.29, 0.717) is 13.0 Å². The minimum Gasteiger partial charge on any atom is -0.352 e. The molecule has 0 radical (unpaired) electrons. The van der Waals surface area contributed by atoms with E-state index in [0.717, 1.165) is 22.8 Å². The molecule has 0 aliphatic rings. The molecular weight excluding hydrogens is 298 g/mol. The quantitative estimate of drug-likeness (QED) is 0.802. The summed E-state index contributed by atoms with van der Waals surface area (Å²) in [5, 5.41) is 12.3. The number of thiazole rings is 1. The van der Waals surface area contributed by atoms with Gasteiger partial charge in [0.15, 0.2) is 11.6 Å². The number of carbonyl (C=O) groups excluding carboxylic acids is 1. The first kappa shape index (κ1) is 13.6. The van der Waals surface area contributed by atoms with E-state index in [9.17, 15) is 13.6 Å². The average Bonchev–Trinajstić information content (AvgIpc) is 3.06. The molecule has 2 aromatic heterocycles. The van der Waals surface area contributed by atoms with Crippen LogP contribution >= 0.6 is 11.3 Å². The summed E-state index contributed by atoms with van der Waals surface area (Å²) in [7, 11) is 0. The molecule has 1 aromatic carbocycles. The van der Waals surface area contributed by atoms with Crippen LogP contribution in [0, 0.1) is 11.6 Å². The summed E-state index contributed by atoms with van der Waals surface area (Å²) < 4.78 is 27.7. The molecule has 0 bridgehead atoms. The van der Waals surface area contributed by atoms with E-state index >= 15 is 0 Å². The highest BCUT2D eigenvalue weighted by Crippen LogP contribution is 2.13. The predicted molar refractivity (Wildman–Crippen MR) is 73.3 cm³/mol. The molecule has 1 amide bonds. The van der Waals surface area contributed by atoms with Crippen LogP contribution in [0.15, 0.2) is 29.9 Å². The lowest BCUT2D eigenvalue weighted by Gasteiger charge is -2.05. The van der Waals surface area contributed by atoms with Crippen LogP contribution in [0.1, 0.15) is 16.1 Å². The number of hydrogen-bond acceptors (Lipinski definition) is 4. The average molecular weight is 308 g/mol. The van der Waals surface area contributed by atoms with Gasteiger partial charge in [0, 0.05) is 29.6 Å². The molecule has 5 nitrogen and oxygen atoms in total. The summed E-state index contributed by atoms with van der Waals surface area (Å²) in [6.07, 6.45) is 2.20. The van der Waals surface area contributed by atoms with Crippen LogP contribution in [0.25, 0.3) is 4.96 Å². The monoisotopic (exact) mass is 308 g/mol. The Labute approximate surface area is 122 Å². The molecule has 3 aromatic rings. The molecular formula is C13H10F2N4OS. The van der Waals surface area contributed by atoms with Gasteiger partial charge < -0.3 is 5.32 Å². The number of aromatic nitrogens is 3. The van der Waals surface area contributed by atoms with Crippen molar-refractivity contribution < 1.29 is 13.6 Å². The second kappa shape index (κ2) is 5.57. The lowest BCUT2D eigenvalue weighted by atomic mass is 10.2. The van der Waals surface area contributed by atoms with Crippen LogP contribution in [0.5, 0.6) is 0 Å². The van der Waals surface area contributed by atoms with Crippen molar-refractivity contribution in [3.8, 4) is 0 Å². The number of nitrogens with one attached hydrogen (secondary N) is 1. The Bertz CT molecular complexity index is 798. The molecule has 0 aliphatic heterocycles. The third-order valence-electron chi connectivity index (χ3n) is 2.97. The molecule has 0 saturated heterocycles. The number of benzene rings is 1. The van der Waals surface area contributed by atoms with Crippen LogP contribution in [0.4, 0.5) is 8.78 Å². The number of halogens is 2. The summed E-state index contributed by atoms with van der Waals surface area (Å²) in [5.41, 5.74) is 1.07. The highest BCUT2D eigenvalue weighted by molar-refractivity contribution is 7.15. The van der Waals surface area contributed by atoms with Crippen LogP contribution < -0.4 is 5.32 Å². The van der Waals surface area contributed by atoms with E-state index in [2.05, 4.69) is 15.5 Å². The second-order valence-corrected chi connectivity index (χ2v) is 5.18. The van der Waals surface area contributed by atoms with Crippen molar-refractivity contribution in [2.75, 3.05) is 6.54 Å². The van der Waals surface area contributed by atoms with E-state index < -0.39 is 17.5 Å². The highest BCUT2D eigenvalue weighted by atomic mass is 32.1. The van der Waals surface area contributed by atoms with Crippen molar-refractivity contribution in [1.29, 1.82) is 0 Å². The van der Waals surface area contributed by atoms with Gasteiger partial charge in [-0.25, -0.2) is 8.78 Å². The van der Waals surface area contributed by atoms with Crippen LogP contribution in [-0.2, 0) is 6.42 Å². The third-order valence-corrected chi connectivity index (χ3v) is 3.85. The lowest BCUT2D eigenvalue weighted by molar-refractivity contribution is 0.0953. The molecule has 0 unspecified atom stereocenters. The Balaban J connectivity index is 1.61. The van der Waals surface area contributed by atoms with Gasteiger partial charge >= 0.3 is 0 Å². The van der Waals surface area contributed by atoms with Gasteiger partial charge in [0.1, 0.15) is 6.33 Å². The standard InChI is InChI=1S/C13H10F2N4OS/c14-10-2-1-8(5-11(10)15)12(20)16-4-3-9-6-21-13-18-17-7-19(9)13/h1-2,5-7H,3-4H2,(H,16,20). The van der Waals surface area contributed by atoms with Gasteiger partial charge in [0.05, 0.1) is 0 Å². The van der Waals surface area contributed by atoms with Crippen LogP contribution in [0.2, 0.25) is 0 Å². The number of amides is 1. The Kier molecular flexibility index (Phi) is 3.61. The largest absolute Gasteiger partial charge is 0.352 e. The SMILES string of the molecule is O=C(NCCc1csc2nncn12)c1ccc(F)c(F)c1. The molecule has 0 aliphatic carbocycles. The van der Waals surface area contributed by atoms with Gasteiger partial charge in [-0.15, -0.1) is 21.5 Å². The summed E-state index contributed by atoms with van der Waals surface area (Å²) in [5.74, 6) is -2.45. The van der Waals surface area contributed by atoms with Gasteiger partial charge in [0.2, 0.25) is 4.96 Å². The third kappa shape index (κ3) is 2.75. The zero-order chi connectivity index (χ0) is 14.8. The fraction of sp³-hybridized carbons (Fsp3) is 0.154. The molecule has 2 heterocycles. The number of hydrogen-bond donors (Lipinski definition) is 1. The highest BCUT2D eigenvalue weighted by Gasteiger charge is 2.10. The minimum atomic E-state index is -1.04. The Morgan fingerprint density at radius 1 is 1.33 bits per heavy atom. The summed E-state index contributed by atoms with van der Waals surface area (Å²) >= 11 is 1.46. The molecule has 0 saturated carbocycles. The molecule has 0 spiro atoms. The van der Waals surface area contributed by atoms with Gasteiger partial charge in [-0.2, -0.15) is 0 Å². The number of fused-ring (bicyclic) bond motifs is 1. The molecule has 0 atom stereocenters. The first-order valence-corrected chi connectivity index (χ1v) is 7.02. The number of nitrogens with zero attached hydrogens (tertiary/aromatic N) is 3. The number of carbonyl (C=O) groups is 1. The van der Waals surface area contributed by atoms with Crippen LogP contribution in [0.3, 0.4) is 0 Å². The van der Waals surface area contributed by atoms with Crippen molar-refractivity contribution in [2.45, 2.75) is 6.42 Å². The summed E-state index contributed by atoms with van der Waals surface area (Å²) in [6, 6.07) is 3.06. The lowest BCUT2D eigenvalue weighted by Crippen LogP contribution is -2.26. The van der Waals surface area contributed by atoms with E-state index in [1.807, 2.05) is 9.78 Å². The van der Waals surface area contributed by atoms with Gasteiger partial charge in [-0.05, 0) is 18.2 Å². The molecule has 21 heavy (non-hydrogen) atoms. The molecule has 0 fully saturated rings. The number of rotatable bonds is 4. The first-order valence-electron chi connectivity index (χ1n) is 6.14. The van der Waals surface area contributed by atoms with Crippen LogP contribution in [-0.4, -0.2) is 27.0 Å². The fourth-order valence-corrected chi connectivity index (χ4v) is 2.75. The maximum atomic E-state index is 13.1. The van der Waals surface area contributed by atoms with E-state index in [1.165, 1.54) is 17.4 Å². The molecule has 3 rings (SSSR count). The van der Waals surface area contributed by atoms with Crippen molar-refractivity contribution in [2.24, 2.45) is 0 Å². The normalized spacial score (nSPS) is 11.0. The summed E-state index contributed by atoms with van der Waals surface area (Å²) in [6.45, 7) is 0.377. The van der Waals surface area contributed by atoms with Gasteiger partial charge in [-0.1, -0.05) is 0 Å². The van der Waals surface area contributed by atoms with Gasteiger partial charge in [0.25, 0.3) is 5.91 Å². The first-order chi connectivity index (χ1) is 10.1. The van der Waals surface area contributed by atoms with E-state index in [4.69, 9.17) is 0 Å². The predicted octanol–water partition coefficient (Wildman–Crippen LogP) is 2.04. The van der Waals surface area contributed by atoms with Crippen molar-refractivity contribution in [3.05, 3.63) is 52.8 Å². The second-order valence-electron chi connectivity index (χ2n) is 4.35. The Hall–Kier alpha value is -2.35. The van der Waals surface area contributed by atoms with E-state index in [1.54, 1.807) is 6.33 Å². The topological polar surface area (TPSA) is 59.3 Å². The fourth-order valence-electron chi connectivity index (χ4n) is 1.90. The zero-order valence-electron chi connectivity index (χ0n) is 10.7. The minimum absolute atomic E-state index is 0.0914. The van der Waals surface area contributed by atoms with E-state index in [-0.39, 0.29) is 5.56 Å². The summed E-state index contributed by atoms with van der Waals surface area (Å²) in [4.78, 5) is 12.6. The molecule has 8 heteroatoms. The zero-order valence-corrected chi connectivity index (χ0v) is 11.5. The molecule has 108 valence electrons. The van der Waals surface area contributed by atoms with Gasteiger partial charge in [-0.3, -0.25) is 9.20 Å². The molecule has 1 N–H and O–H groups in total. The van der Waals surface area contributed by atoms with Crippen molar-refractivity contribution >= 4 is 22.2 Å². The van der Waals surface area contributed by atoms with Crippen molar-refractivity contribution in [3.63, 3.8) is 0 Å². The smallest absolute Gasteiger partial charge is 0.251 e.